The van der Waals surface area contributed by atoms with Crippen LogP contribution in [0.3, 0.4) is 0 Å². The van der Waals surface area contributed by atoms with Crippen molar-refractivity contribution < 1.29 is 23.5 Å². The van der Waals surface area contributed by atoms with Crippen LogP contribution in [0.5, 0.6) is 0 Å². The molecule has 9 heteroatoms. The first-order valence-corrected chi connectivity index (χ1v) is 9.61. The van der Waals surface area contributed by atoms with Crippen molar-refractivity contribution in [3.8, 4) is 12.1 Å². The topological polar surface area (TPSA) is 136 Å². The van der Waals surface area contributed by atoms with Gasteiger partial charge in [0.2, 0.25) is 0 Å². The summed E-state index contributed by atoms with van der Waals surface area (Å²) in [5.41, 5.74) is 0.792. The standard InChI is InChI=1S/C22H22N4O5/c23-10-5-12-26(13-6-11-24)20(27)16-31-22(29)18(15-17-7-2-1-3-8-17)25-21(28)19-9-4-14-30-19/h1-4,7-9,14,18H,5-6,12-13,15-16H2,(H,25,28). The third kappa shape index (κ3) is 7.67. The van der Waals surface area contributed by atoms with Gasteiger partial charge in [-0.1, -0.05) is 30.3 Å². The molecule has 0 bridgehead atoms. The second-order valence-electron chi connectivity index (χ2n) is 6.50. The largest absolute Gasteiger partial charge is 0.459 e. The number of nitrogens with one attached hydrogen (secondary N) is 1. The van der Waals surface area contributed by atoms with Crippen LogP contribution in [0, 0.1) is 22.7 Å². The molecule has 160 valence electrons. The Balaban J connectivity index is 2.03. The van der Waals surface area contributed by atoms with E-state index in [2.05, 4.69) is 5.32 Å². The van der Waals surface area contributed by atoms with Crippen molar-refractivity contribution in [1.82, 2.24) is 10.2 Å². The molecule has 0 aliphatic rings. The zero-order valence-electron chi connectivity index (χ0n) is 16.8. The lowest BCUT2D eigenvalue weighted by Gasteiger charge is -2.21. The monoisotopic (exact) mass is 422 g/mol. The fourth-order valence-corrected chi connectivity index (χ4v) is 2.74. The lowest BCUT2D eigenvalue weighted by Crippen LogP contribution is -2.44. The number of hydrogen-bond acceptors (Lipinski definition) is 7. The predicted molar refractivity (Wildman–Crippen MR) is 108 cm³/mol. The van der Waals surface area contributed by atoms with Crippen LogP contribution in [0.15, 0.2) is 53.1 Å². The molecule has 1 aromatic carbocycles. The summed E-state index contributed by atoms with van der Waals surface area (Å²) >= 11 is 0. The number of carbonyl (C=O) groups is 3. The Labute approximate surface area is 179 Å². The minimum absolute atomic E-state index is 0.0427. The van der Waals surface area contributed by atoms with E-state index in [4.69, 9.17) is 19.7 Å². The number of hydrogen-bond donors (Lipinski definition) is 1. The quantitative estimate of drug-likeness (QED) is 0.545. The maximum atomic E-state index is 12.7. The van der Waals surface area contributed by atoms with E-state index in [1.807, 2.05) is 18.2 Å². The Morgan fingerprint density at radius 3 is 2.29 bits per heavy atom. The van der Waals surface area contributed by atoms with Gasteiger partial charge in [0.15, 0.2) is 12.4 Å². The zero-order valence-corrected chi connectivity index (χ0v) is 16.8. The van der Waals surface area contributed by atoms with Crippen molar-refractivity contribution in [1.29, 1.82) is 10.5 Å². The SMILES string of the molecule is N#CCCN(CCC#N)C(=O)COC(=O)C(Cc1ccccc1)NC(=O)c1ccco1. The van der Waals surface area contributed by atoms with Crippen LogP contribution in [-0.4, -0.2) is 48.4 Å². The number of nitrogens with zero attached hydrogens (tertiary/aromatic N) is 3. The van der Waals surface area contributed by atoms with Gasteiger partial charge in [-0.25, -0.2) is 4.79 Å². The second kappa shape index (κ2) is 12.5. The van der Waals surface area contributed by atoms with Gasteiger partial charge in [-0.05, 0) is 17.7 Å². The van der Waals surface area contributed by atoms with E-state index in [0.717, 1.165) is 5.56 Å². The van der Waals surface area contributed by atoms with Crippen molar-refractivity contribution in [2.45, 2.75) is 25.3 Å². The summed E-state index contributed by atoms with van der Waals surface area (Å²) in [6.45, 7) is -0.286. The maximum Gasteiger partial charge on any atom is 0.329 e. The van der Waals surface area contributed by atoms with E-state index in [9.17, 15) is 14.4 Å². The van der Waals surface area contributed by atoms with Gasteiger partial charge >= 0.3 is 5.97 Å². The molecule has 1 unspecified atom stereocenters. The zero-order chi connectivity index (χ0) is 22.5. The molecule has 1 N–H and O–H groups in total. The number of esters is 1. The first-order chi connectivity index (χ1) is 15.0. The van der Waals surface area contributed by atoms with E-state index in [1.165, 1.54) is 17.2 Å². The molecular formula is C22H22N4O5. The number of nitriles is 2. The molecule has 1 heterocycles. The van der Waals surface area contributed by atoms with E-state index in [-0.39, 0.29) is 38.1 Å². The summed E-state index contributed by atoms with van der Waals surface area (Å²) in [6, 6.07) is 14.9. The minimum atomic E-state index is -1.04. The van der Waals surface area contributed by atoms with Crippen LogP contribution < -0.4 is 5.32 Å². The molecule has 0 saturated heterocycles. The Kier molecular flexibility index (Phi) is 9.31. The fraction of sp³-hybridized carbons (Fsp3) is 0.318. The third-order valence-electron chi connectivity index (χ3n) is 4.30. The van der Waals surface area contributed by atoms with Crippen LogP contribution in [-0.2, 0) is 20.7 Å². The highest BCUT2D eigenvalue weighted by molar-refractivity contribution is 5.94. The summed E-state index contributed by atoms with van der Waals surface area (Å²) in [5.74, 6) is -1.84. The van der Waals surface area contributed by atoms with Gasteiger partial charge in [-0.2, -0.15) is 10.5 Å². The highest BCUT2D eigenvalue weighted by Crippen LogP contribution is 2.08. The minimum Gasteiger partial charge on any atom is -0.459 e. The third-order valence-corrected chi connectivity index (χ3v) is 4.30. The molecule has 2 aromatic rings. The van der Waals surface area contributed by atoms with E-state index in [1.54, 1.807) is 30.3 Å². The Morgan fingerprint density at radius 2 is 1.71 bits per heavy atom. The molecule has 31 heavy (non-hydrogen) atoms. The van der Waals surface area contributed by atoms with Crippen molar-refractivity contribution in [3.63, 3.8) is 0 Å². The fourth-order valence-electron chi connectivity index (χ4n) is 2.74. The average Bonchev–Trinajstić information content (AvgIpc) is 3.33. The summed E-state index contributed by atoms with van der Waals surface area (Å²) < 4.78 is 10.2. The van der Waals surface area contributed by atoms with Crippen molar-refractivity contribution in [2.75, 3.05) is 19.7 Å². The number of furan rings is 1. The first kappa shape index (κ1) is 23.2. The molecule has 0 radical (unpaired) electrons. The van der Waals surface area contributed by atoms with Gasteiger partial charge < -0.3 is 19.4 Å². The molecule has 0 fully saturated rings. The molecule has 0 aliphatic heterocycles. The smallest absolute Gasteiger partial charge is 0.329 e. The summed E-state index contributed by atoms with van der Waals surface area (Å²) in [6.07, 6.45) is 1.70. The lowest BCUT2D eigenvalue weighted by atomic mass is 10.1. The molecular weight excluding hydrogens is 400 g/mol. The molecule has 9 nitrogen and oxygen atoms in total. The Morgan fingerprint density at radius 1 is 1.03 bits per heavy atom. The van der Waals surface area contributed by atoms with Crippen LogP contribution in [0.4, 0.5) is 0 Å². The van der Waals surface area contributed by atoms with E-state index in [0.29, 0.717) is 0 Å². The van der Waals surface area contributed by atoms with Crippen LogP contribution in [0.25, 0.3) is 0 Å². The van der Waals surface area contributed by atoms with Gasteiger partial charge in [-0.15, -0.1) is 0 Å². The number of amides is 2. The van der Waals surface area contributed by atoms with E-state index >= 15 is 0 Å². The molecule has 0 spiro atoms. The summed E-state index contributed by atoms with van der Waals surface area (Å²) in [4.78, 5) is 38.7. The van der Waals surface area contributed by atoms with Gasteiger partial charge in [0.05, 0.1) is 31.2 Å². The highest BCUT2D eigenvalue weighted by atomic mass is 16.5. The normalized spacial score (nSPS) is 10.9. The van der Waals surface area contributed by atoms with Gasteiger partial charge in [0, 0.05) is 19.5 Å². The van der Waals surface area contributed by atoms with Crippen molar-refractivity contribution in [3.05, 3.63) is 60.1 Å². The van der Waals surface area contributed by atoms with E-state index < -0.39 is 30.4 Å². The summed E-state index contributed by atoms with van der Waals surface area (Å²) in [7, 11) is 0. The lowest BCUT2D eigenvalue weighted by molar-refractivity contribution is -0.153. The second-order valence-corrected chi connectivity index (χ2v) is 6.50. The number of rotatable bonds is 11. The number of ether oxygens (including phenoxy) is 1. The Hall–Kier alpha value is -4.11. The maximum absolute atomic E-state index is 12.7. The van der Waals surface area contributed by atoms with Gasteiger partial charge in [-0.3, -0.25) is 9.59 Å². The average molecular weight is 422 g/mol. The molecule has 0 saturated carbocycles. The molecule has 2 amide bonds. The van der Waals surface area contributed by atoms with Crippen LogP contribution in [0.2, 0.25) is 0 Å². The van der Waals surface area contributed by atoms with Gasteiger partial charge in [0.25, 0.3) is 11.8 Å². The highest BCUT2D eigenvalue weighted by Gasteiger charge is 2.26. The van der Waals surface area contributed by atoms with Gasteiger partial charge in [0.1, 0.15) is 6.04 Å². The van der Waals surface area contributed by atoms with Crippen molar-refractivity contribution >= 4 is 17.8 Å². The first-order valence-electron chi connectivity index (χ1n) is 9.61. The Bertz CT molecular complexity index is 927. The number of benzene rings is 1. The molecule has 1 aromatic heterocycles. The molecule has 1 atom stereocenters. The number of carbonyl (C=O) groups excluding carboxylic acids is 3. The summed E-state index contributed by atoms with van der Waals surface area (Å²) in [5, 5.41) is 20.0. The van der Waals surface area contributed by atoms with Crippen LogP contribution in [0.1, 0.15) is 29.0 Å². The molecule has 0 aliphatic carbocycles. The predicted octanol–water partition coefficient (Wildman–Crippen LogP) is 1.82. The van der Waals surface area contributed by atoms with Crippen molar-refractivity contribution in [2.24, 2.45) is 0 Å². The molecule has 2 rings (SSSR count). The van der Waals surface area contributed by atoms with Crippen LogP contribution >= 0.6 is 0 Å².